The summed E-state index contributed by atoms with van der Waals surface area (Å²) in [5.41, 5.74) is 0.251. The lowest BCUT2D eigenvalue weighted by Crippen LogP contribution is -2.54. The molecule has 3 rings (SSSR count). The molecule has 9 nitrogen and oxygen atoms in total. The number of ether oxygens (including phenoxy) is 5. The van der Waals surface area contributed by atoms with Crippen molar-refractivity contribution >= 4 is 24.2 Å². The summed E-state index contributed by atoms with van der Waals surface area (Å²) in [6, 6.07) is 18.3. The van der Waals surface area contributed by atoms with Gasteiger partial charge in [-0.2, -0.15) is 4.90 Å². The highest BCUT2D eigenvalue weighted by molar-refractivity contribution is 5.94. The molecule has 1 aliphatic heterocycles. The summed E-state index contributed by atoms with van der Waals surface area (Å²) >= 11 is 0. The molecule has 4 atom stereocenters. The van der Waals surface area contributed by atoms with E-state index in [1.165, 1.54) is 0 Å². The third-order valence-electron chi connectivity index (χ3n) is 6.44. The van der Waals surface area contributed by atoms with Crippen molar-refractivity contribution in [2.24, 2.45) is 5.92 Å². The second-order valence-corrected chi connectivity index (χ2v) is 12.6. The number of benzene rings is 2. The molecule has 4 unspecified atom stereocenters. The summed E-state index contributed by atoms with van der Waals surface area (Å²) in [5.74, 6) is -1.02. The van der Waals surface area contributed by atoms with Gasteiger partial charge in [0.15, 0.2) is 6.04 Å². The van der Waals surface area contributed by atoms with Crippen LogP contribution in [0.25, 0.3) is 6.08 Å². The van der Waals surface area contributed by atoms with Gasteiger partial charge in [0.1, 0.15) is 17.3 Å². The van der Waals surface area contributed by atoms with Gasteiger partial charge in [-0.1, -0.05) is 72.8 Å². The molecular formula is C34H45NO8. The van der Waals surface area contributed by atoms with E-state index in [1.807, 2.05) is 72.8 Å². The van der Waals surface area contributed by atoms with Gasteiger partial charge in [0.05, 0.1) is 25.9 Å². The molecule has 2 aromatic rings. The zero-order valence-corrected chi connectivity index (χ0v) is 26.3. The Bertz CT molecular complexity index is 1190. The van der Waals surface area contributed by atoms with Gasteiger partial charge in [-0.05, 0) is 66.0 Å². The van der Waals surface area contributed by atoms with Crippen molar-refractivity contribution < 1.29 is 38.1 Å². The number of nitrogens with zero attached hydrogens (tertiary/aromatic N) is 1. The maximum Gasteiger partial charge on any atom is 0.420 e. The Morgan fingerprint density at radius 1 is 0.884 bits per heavy atom. The Hall–Kier alpha value is -3.69. The zero-order valence-electron chi connectivity index (χ0n) is 26.3. The highest BCUT2D eigenvalue weighted by Crippen LogP contribution is 2.25. The minimum absolute atomic E-state index is 0.190. The van der Waals surface area contributed by atoms with Gasteiger partial charge in [0.2, 0.25) is 0 Å². The van der Waals surface area contributed by atoms with Crippen LogP contribution in [0.2, 0.25) is 0 Å². The first-order valence-electron chi connectivity index (χ1n) is 14.6. The molecule has 0 saturated carbocycles. The molecule has 0 aromatic heterocycles. The summed E-state index contributed by atoms with van der Waals surface area (Å²) in [4.78, 5) is 40.8. The Morgan fingerprint density at radius 2 is 1.44 bits per heavy atom. The van der Waals surface area contributed by atoms with E-state index in [4.69, 9.17) is 23.7 Å². The van der Waals surface area contributed by atoms with Crippen LogP contribution in [0.1, 0.15) is 59.6 Å². The van der Waals surface area contributed by atoms with Crippen molar-refractivity contribution in [3.05, 3.63) is 77.9 Å². The van der Waals surface area contributed by atoms with E-state index in [0.29, 0.717) is 11.3 Å². The van der Waals surface area contributed by atoms with Crippen LogP contribution in [0.5, 0.6) is 0 Å². The van der Waals surface area contributed by atoms with Gasteiger partial charge in [0, 0.05) is 5.92 Å². The summed E-state index contributed by atoms with van der Waals surface area (Å²) in [5, 5.41) is 0. The predicted molar refractivity (Wildman–Crippen MR) is 163 cm³/mol. The van der Waals surface area contributed by atoms with Crippen molar-refractivity contribution in [2.75, 3.05) is 19.8 Å². The van der Waals surface area contributed by atoms with Gasteiger partial charge in [-0.15, -0.1) is 0 Å². The number of rotatable bonds is 7. The molecule has 43 heavy (non-hydrogen) atoms. The fourth-order valence-electron chi connectivity index (χ4n) is 4.62. The number of amides is 2. The minimum atomic E-state index is -1.43. The van der Waals surface area contributed by atoms with E-state index in [1.54, 1.807) is 48.5 Å². The average Bonchev–Trinajstić information content (AvgIpc) is 2.95. The Morgan fingerprint density at radius 3 is 2.00 bits per heavy atom. The van der Waals surface area contributed by atoms with E-state index >= 15 is 0 Å². The van der Waals surface area contributed by atoms with Gasteiger partial charge < -0.3 is 23.7 Å². The molecule has 1 heterocycles. The quantitative estimate of drug-likeness (QED) is 0.266. The van der Waals surface area contributed by atoms with Crippen LogP contribution in [0.15, 0.2) is 66.7 Å². The molecule has 2 aromatic carbocycles. The van der Waals surface area contributed by atoms with E-state index in [0.717, 1.165) is 11.1 Å². The van der Waals surface area contributed by atoms with E-state index < -0.39 is 47.6 Å². The molecule has 1 aliphatic rings. The lowest BCUT2D eigenvalue weighted by molar-refractivity contribution is -0.163. The molecule has 0 radical (unpaired) electrons. The van der Waals surface area contributed by atoms with Crippen molar-refractivity contribution in [1.82, 2.24) is 4.90 Å². The van der Waals surface area contributed by atoms with Gasteiger partial charge >= 0.3 is 18.2 Å². The maximum absolute atomic E-state index is 13.6. The highest BCUT2D eigenvalue weighted by Gasteiger charge is 2.44. The third kappa shape index (κ3) is 11.1. The van der Waals surface area contributed by atoms with Crippen LogP contribution in [0.3, 0.4) is 0 Å². The molecule has 0 bridgehead atoms. The molecule has 0 spiro atoms. The lowest BCUT2D eigenvalue weighted by atomic mass is 9.91. The molecule has 1 saturated heterocycles. The number of carbonyl (C=O) groups excluding carboxylic acids is 3. The first-order valence-corrected chi connectivity index (χ1v) is 14.6. The second kappa shape index (κ2) is 15.2. The first kappa shape index (κ1) is 33.8. The summed E-state index contributed by atoms with van der Waals surface area (Å²) < 4.78 is 29.2. The predicted octanol–water partition coefficient (Wildman–Crippen LogP) is 6.45. The summed E-state index contributed by atoms with van der Waals surface area (Å²) in [6.07, 6.45) is 1.14. The minimum Gasteiger partial charge on any atom is -0.458 e. The summed E-state index contributed by atoms with van der Waals surface area (Å²) in [6.45, 7) is 11.9. The van der Waals surface area contributed by atoms with Crippen molar-refractivity contribution in [1.29, 1.82) is 0 Å². The first-order chi connectivity index (χ1) is 20.2. The van der Waals surface area contributed by atoms with Crippen LogP contribution in [-0.2, 0) is 34.9 Å². The van der Waals surface area contributed by atoms with Crippen LogP contribution >= 0.6 is 0 Å². The van der Waals surface area contributed by atoms with Crippen LogP contribution in [-0.4, -0.2) is 72.3 Å². The number of hydrogen-bond acceptors (Lipinski definition) is 8. The standard InChI is InChI=1S/C34H45NO8/c1-24-29(40-20-14-19-25-15-10-8-11-16-25)27(21-26-17-12-9-13-18-26)22-39-23-28(30(36)41-24)35(31(37)42-33(2,3)4)32(38)43-34(5,6)7/h8-19,24,27-29H,20-23H2,1-7H3. The fraction of sp³-hybridized carbons (Fsp3) is 0.500. The van der Waals surface area contributed by atoms with Crippen LogP contribution in [0, 0.1) is 5.92 Å². The number of hydrogen-bond donors (Lipinski definition) is 0. The zero-order chi connectivity index (χ0) is 31.6. The number of esters is 1. The molecular weight excluding hydrogens is 550 g/mol. The smallest absolute Gasteiger partial charge is 0.420 e. The van der Waals surface area contributed by atoms with Crippen LogP contribution < -0.4 is 0 Å². The Labute approximate surface area is 255 Å². The normalized spacial score (nSPS) is 21.7. The summed E-state index contributed by atoms with van der Waals surface area (Å²) in [7, 11) is 0. The molecule has 2 amide bonds. The van der Waals surface area contributed by atoms with Gasteiger partial charge in [-0.25, -0.2) is 14.4 Å². The van der Waals surface area contributed by atoms with Crippen molar-refractivity contribution in [3.8, 4) is 0 Å². The molecule has 0 N–H and O–H groups in total. The van der Waals surface area contributed by atoms with Crippen molar-refractivity contribution in [3.63, 3.8) is 0 Å². The Balaban J connectivity index is 1.88. The van der Waals surface area contributed by atoms with Crippen LogP contribution in [0.4, 0.5) is 9.59 Å². The molecule has 0 aliphatic carbocycles. The second-order valence-electron chi connectivity index (χ2n) is 12.6. The fourth-order valence-corrected chi connectivity index (χ4v) is 4.62. The number of carbonyl (C=O) groups is 3. The number of cyclic esters (lactones) is 1. The SMILES string of the molecule is CC1OC(=O)C(N(C(=O)OC(C)(C)C)C(=O)OC(C)(C)C)COCC(Cc2ccccc2)C1OCC=Cc1ccccc1. The highest BCUT2D eigenvalue weighted by atomic mass is 16.6. The topological polar surface area (TPSA) is 101 Å². The van der Waals surface area contributed by atoms with E-state index in [2.05, 4.69) is 0 Å². The lowest BCUT2D eigenvalue weighted by Gasteiger charge is -2.32. The molecule has 9 heteroatoms. The largest absolute Gasteiger partial charge is 0.458 e. The molecule has 1 fully saturated rings. The average molecular weight is 596 g/mol. The maximum atomic E-state index is 13.6. The monoisotopic (exact) mass is 595 g/mol. The van der Waals surface area contributed by atoms with Crippen molar-refractivity contribution in [2.45, 2.75) is 84.3 Å². The third-order valence-corrected chi connectivity index (χ3v) is 6.44. The van der Waals surface area contributed by atoms with Gasteiger partial charge in [0.25, 0.3) is 0 Å². The van der Waals surface area contributed by atoms with E-state index in [9.17, 15) is 14.4 Å². The van der Waals surface area contributed by atoms with Gasteiger partial charge in [-0.3, -0.25) is 0 Å². The van der Waals surface area contributed by atoms with E-state index in [-0.39, 0.29) is 25.7 Å². The number of imide groups is 1. The molecule has 234 valence electrons. The Kier molecular flexibility index (Phi) is 11.9.